The van der Waals surface area contributed by atoms with Gasteiger partial charge < -0.3 is 14.8 Å². The molecule has 0 saturated heterocycles. The van der Waals surface area contributed by atoms with Crippen molar-refractivity contribution in [2.75, 3.05) is 12.4 Å². The van der Waals surface area contributed by atoms with Crippen molar-refractivity contribution in [2.45, 2.75) is 0 Å². The van der Waals surface area contributed by atoms with Gasteiger partial charge >= 0.3 is 0 Å². The number of amides is 1. The number of hydrogen-bond donors (Lipinski definition) is 1. The first-order chi connectivity index (χ1) is 12.2. The van der Waals surface area contributed by atoms with Crippen molar-refractivity contribution in [3.05, 3.63) is 83.4 Å². The highest BCUT2D eigenvalue weighted by Gasteiger charge is 2.08. The molecule has 1 N–H and O–H groups in total. The Morgan fingerprint density at radius 2 is 1.40 bits per heavy atom. The van der Waals surface area contributed by atoms with E-state index in [9.17, 15) is 4.79 Å². The molecule has 3 aromatic rings. The van der Waals surface area contributed by atoms with Crippen LogP contribution in [0.25, 0.3) is 0 Å². The largest absolute Gasteiger partial charge is 0.497 e. The minimum absolute atomic E-state index is 0.232. The lowest BCUT2D eigenvalue weighted by Crippen LogP contribution is -2.11. The van der Waals surface area contributed by atoms with Crippen molar-refractivity contribution >= 4 is 23.2 Å². The van der Waals surface area contributed by atoms with Crippen LogP contribution in [0.3, 0.4) is 0 Å². The molecule has 0 spiro atoms. The van der Waals surface area contributed by atoms with Crippen molar-refractivity contribution in [1.29, 1.82) is 0 Å². The SMILES string of the molecule is COc1ccc(Oc2ccc(C(=O)Nc3ccccc3Cl)cc2)cc1. The molecular weight excluding hydrogens is 338 g/mol. The molecule has 0 heterocycles. The molecule has 1 amide bonds. The van der Waals surface area contributed by atoms with Crippen molar-refractivity contribution in [3.63, 3.8) is 0 Å². The quantitative estimate of drug-likeness (QED) is 0.668. The van der Waals surface area contributed by atoms with Crippen LogP contribution in [0.15, 0.2) is 72.8 Å². The molecule has 25 heavy (non-hydrogen) atoms. The normalized spacial score (nSPS) is 10.2. The minimum atomic E-state index is -0.232. The van der Waals surface area contributed by atoms with Gasteiger partial charge in [0.2, 0.25) is 0 Å². The second kappa shape index (κ2) is 7.73. The maximum atomic E-state index is 12.3. The number of benzene rings is 3. The Bertz CT molecular complexity index is 861. The summed E-state index contributed by atoms with van der Waals surface area (Å²) in [7, 11) is 1.61. The first kappa shape index (κ1) is 16.9. The van der Waals surface area contributed by atoms with Crippen LogP contribution in [0.2, 0.25) is 5.02 Å². The molecule has 0 saturated carbocycles. The second-order valence-corrected chi connectivity index (χ2v) is 5.64. The smallest absolute Gasteiger partial charge is 0.255 e. The molecule has 5 heteroatoms. The summed E-state index contributed by atoms with van der Waals surface area (Å²) < 4.78 is 10.9. The molecule has 0 radical (unpaired) electrons. The fraction of sp³-hybridized carbons (Fsp3) is 0.0500. The van der Waals surface area contributed by atoms with E-state index >= 15 is 0 Å². The van der Waals surface area contributed by atoms with Crippen LogP contribution in [0.5, 0.6) is 17.2 Å². The first-order valence-electron chi connectivity index (χ1n) is 7.63. The summed E-state index contributed by atoms with van der Waals surface area (Å²) in [6, 6.07) is 21.3. The standard InChI is InChI=1S/C20H16ClNO3/c1-24-15-10-12-17(13-11-15)25-16-8-6-14(7-9-16)20(23)22-19-5-3-2-4-18(19)21/h2-13H,1H3,(H,22,23). The third-order valence-corrected chi connectivity index (χ3v) is 3.86. The van der Waals surface area contributed by atoms with Gasteiger partial charge in [0.1, 0.15) is 17.2 Å². The molecular formula is C20H16ClNO3. The van der Waals surface area contributed by atoms with E-state index in [-0.39, 0.29) is 5.91 Å². The van der Waals surface area contributed by atoms with E-state index < -0.39 is 0 Å². The molecule has 4 nitrogen and oxygen atoms in total. The Morgan fingerprint density at radius 1 is 0.840 bits per heavy atom. The van der Waals surface area contributed by atoms with Gasteiger partial charge in [-0.3, -0.25) is 4.79 Å². The van der Waals surface area contributed by atoms with Crippen molar-refractivity contribution in [3.8, 4) is 17.2 Å². The van der Waals surface area contributed by atoms with Crippen LogP contribution in [0.4, 0.5) is 5.69 Å². The molecule has 0 bridgehead atoms. The fourth-order valence-corrected chi connectivity index (χ4v) is 2.39. The summed E-state index contributed by atoms with van der Waals surface area (Å²) in [5.74, 6) is 1.86. The van der Waals surface area contributed by atoms with E-state index in [4.69, 9.17) is 21.1 Å². The van der Waals surface area contributed by atoms with Gasteiger partial charge in [0.15, 0.2) is 0 Å². The van der Waals surface area contributed by atoms with Crippen molar-refractivity contribution < 1.29 is 14.3 Å². The average Bonchev–Trinajstić information content (AvgIpc) is 2.65. The number of ether oxygens (including phenoxy) is 2. The van der Waals surface area contributed by atoms with Gasteiger partial charge in [-0.05, 0) is 60.7 Å². The summed E-state index contributed by atoms with van der Waals surface area (Å²) in [6.45, 7) is 0. The zero-order valence-corrected chi connectivity index (χ0v) is 14.3. The number of nitrogens with one attached hydrogen (secondary N) is 1. The molecule has 0 aliphatic carbocycles. The predicted molar refractivity (Wildman–Crippen MR) is 98.9 cm³/mol. The Hall–Kier alpha value is -2.98. The van der Waals surface area contributed by atoms with Gasteiger partial charge in [0.05, 0.1) is 17.8 Å². The first-order valence-corrected chi connectivity index (χ1v) is 8.01. The second-order valence-electron chi connectivity index (χ2n) is 5.24. The predicted octanol–water partition coefficient (Wildman–Crippen LogP) is 5.39. The number of rotatable bonds is 5. The molecule has 0 aliphatic rings. The van der Waals surface area contributed by atoms with Gasteiger partial charge in [0.25, 0.3) is 5.91 Å². The van der Waals surface area contributed by atoms with Crippen molar-refractivity contribution in [2.24, 2.45) is 0 Å². The fourth-order valence-electron chi connectivity index (χ4n) is 2.21. The molecule has 3 aromatic carbocycles. The Morgan fingerprint density at radius 3 is 2.00 bits per heavy atom. The average molecular weight is 354 g/mol. The van der Waals surface area contributed by atoms with Gasteiger partial charge in [-0.25, -0.2) is 0 Å². The lowest BCUT2D eigenvalue weighted by atomic mass is 10.2. The number of methoxy groups -OCH3 is 1. The summed E-state index contributed by atoms with van der Waals surface area (Å²) >= 11 is 6.05. The van der Waals surface area contributed by atoms with Gasteiger partial charge in [-0.1, -0.05) is 23.7 Å². The van der Waals surface area contributed by atoms with Gasteiger partial charge in [-0.15, -0.1) is 0 Å². The molecule has 0 aromatic heterocycles. The highest BCUT2D eigenvalue weighted by Crippen LogP contribution is 2.25. The van der Waals surface area contributed by atoms with Crippen molar-refractivity contribution in [1.82, 2.24) is 0 Å². The maximum Gasteiger partial charge on any atom is 0.255 e. The molecule has 0 atom stereocenters. The third-order valence-electron chi connectivity index (χ3n) is 3.53. The highest BCUT2D eigenvalue weighted by molar-refractivity contribution is 6.33. The van der Waals surface area contributed by atoms with E-state index in [0.717, 1.165) is 5.75 Å². The van der Waals surface area contributed by atoms with Crippen LogP contribution in [-0.4, -0.2) is 13.0 Å². The topological polar surface area (TPSA) is 47.6 Å². The summed E-state index contributed by atoms with van der Waals surface area (Å²) in [5.41, 5.74) is 1.09. The zero-order valence-electron chi connectivity index (χ0n) is 13.5. The number of halogens is 1. The van der Waals surface area contributed by atoms with Crippen LogP contribution in [0, 0.1) is 0 Å². The lowest BCUT2D eigenvalue weighted by molar-refractivity contribution is 0.102. The third kappa shape index (κ3) is 4.31. The van der Waals surface area contributed by atoms with E-state index in [0.29, 0.717) is 27.8 Å². The number of anilines is 1. The Balaban J connectivity index is 1.67. The number of carbonyl (C=O) groups is 1. The van der Waals surface area contributed by atoms with Crippen LogP contribution in [-0.2, 0) is 0 Å². The molecule has 0 fully saturated rings. The molecule has 0 aliphatic heterocycles. The maximum absolute atomic E-state index is 12.3. The lowest BCUT2D eigenvalue weighted by Gasteiger charge is -2.09. The highest BCUT2D eigenvalue weighted by atomic mass is 35.5. The summed E-state index contributed by atoms with van der Waals surface area (Å²) in [4.78, 5) is 12.3. The Kier molecular flexibility index (Phi) is 5.21. The number of carbonyl (C=O) groups excluding carboxylic acids is 1. The monoisotopic (exact) mass is 353 g/mol. The van der Waals surface area contributed by atoms with Gasteiger partial charge in [-0.2, -0.15) is 0 Å². The van der Waals surface area contributed by atoms with Crippen LogP contribution >= 0.6 is 11.6 Å². The zero-order chi connectivity index (χ0) is 17.6. The van der Waals surface area contributed by atoms with E-state index in [1.54, 1.807) is 43.5 Å². The number of hydrogen-bond acceptors (Lipinski definition) is 3. The minimum Gasteiger partial charge on any atom is -0.497 e. The van der Waals surface area contributed by atoms with Gasteiger partial charge in [0, 0.05) is 5.56 Å². The summed E-state index contributed by atoms with van der Waals surface area (Å²) in [6.07, 6.45) is 0. The summed E-state index contributed by atoms with van der Waals surface area (Å²) in [5, 5.41) is 3.28. The molecule has 0 unspecified atom stereocenters. The molecule has 3 rings (SSSR count). The van der Waals surface area contributed by atoms with E-state index in [1.165, 1.54) is 0 Å². The van der Waals surface area contributed by atoms with E-state index in [2.05, 4.69) is 5.32 Å². The van der Waals surface area contributed by atoms with E-state index in [1.807, 2.05) is 36.4 Å². The van der Waals surface area contributed by atoms with Crippen LogP contribution < -0.4 is 14.8 Å². The van der Waals surface area contributed by atoms with Crippen LogP contribution in [0.1, 0.15) is 10.4 Å². The molecule has 126 valence electrons. The Labute approximate surface area is 151 Å². The number of para-hydroxylation sites is 1.